The van der Waals surface area contributed by atoms with E-state index in [1.54, 1.807) is 0 Å². The molecule has 28 heavy (non-hydrogen) atoms. The van der Waals surface area contributed by atoms with Crippen molar-refractivity contribution in [3.8, 4) is 0 Å². The van der Waals surface area contributed by atoms with E-state index in [9.17, 15) is 13.2 Å². The summed E-state index contributed by atoms with van der Waals surface area (Å²) in [6, 6.07) is 10.8. The molecule has 0 aliphatic carbocycles. The van der Waals surface area contributed by atoms with E-state index in [1.165, 1.54) is 11.8 Å². The lowest BCUT2D eigenvalue weighted by Gasteiger charge is -2.56. The molecule has 0 unspecified atom stereocenters. The number of carbonyl (C=O) groups is 1. The van der Waals surface area contributed by atoms with E-state index >= 15 is 0 Å². The van der Waals surface area contributed by atoms with E-state index < -0.39 is 10.0 Å². The Balaban J connectivity index is 1.49. The quantitative estimate of drug-likeness (QED) is 0.778. The van der Waals surface area contributed by atoms with Crippen LogP contribution in [-0.2, 0) is 21.2 Å². The molecule has 4 rings (SSSR count). The van der Waals surface area contributed by atoms with Crippen LogP contribution in [0.5, 0.6) is 0 Å². The van der Waals surface area contributed by atoms with E-state index in [4.69, 9.17) is 0 Å². The second kappa shape index (κ2) is 8.13. The van der Waals surface area contributed by atoms with Gasteiger partial charge in [-0.25, -0.2) is 13.1 Å². The number of sulfonamides is 1. The molecule has 3 fully saturated rings. The number of amides is 1. The third kappa shape index (κ3) is 4.42. The van der Waals surface area contributed by atoms with Crippen molar-refractivity contribution in [3.05, 3.63) is 35.9 Å². The number of benzene rings is 1. The molecule has 4 atom stereocenters. The average Bonchev–Trinajstić information content (AvgIpc) is 2.67. The highest BCUT2D eigenvalue weighted by atomic mass is 32.2. The Kier molecular flexibility index (Phi) is 5.76. The molecule has 1 N–H and O–H groups in total. The summed E-state index contributed by atoms with van der Waals surface area (Å²) in [6.07, 6.45) is 5.93. The minimum Gasteiger partial charge on any atom is -0.335 e. The first-order chi connectivity index (χ1) is 13.4. The molecule has 1 aromatic rings. The third-order valence-corrected chi connectivity index (χ3v) is 7.38. The fourth-order valence-electron chi connectivity index (χ4n) is 5.49. The van der Waals surface area contributed by atoms with E-state index in [0.29, 0.717) is 24.8 Å². The van der Waals surface area contributed by atoms with Gasteiger partial charge in [0.15, 0.2) is 0 Å². The van der Waals surface area contributed by atoms with E-state index in [-0.39, 0.29) is 18.0 Å². The normalized spacial score (nSPS) is 30.9. The van der Waals surface area contributed by atoms with Gasteiger partial charge in [0, 0.05) is 44.7 Å². The van der Waals surface area contributed by atoms with Gasteiger partial charge in [0.2, 0.25) is 15.9 Å². The Bertz CT molecular complexity index is 798. The summed E-state index contributed by atoms with van der Waals surface area (Å²) in [5.41, 5.74) is 1.35. The Morgan fingerprint density at radius 3 is 2.64 bits per heavy atom. The molecule has 3 saturated heterocycles. The van der Waals surface area contributed by atoms with Gasteiger partial charge in [-0.05, 0) is 43.1 Å². The van der Waals surface area contributed by atoms with Crippen molar-refractivity contribution >= 4 is 15.9 Å². The van der Waals surface area contributed by atoms with Crippen molar-refractivity contribution in [1.29, 1.82) is 0 Å². The van der Waals surface area contributed by atoms with Gasteiger partial charge in [-0.1, -0.05) is 30.3 Å². The lowest BCUT2D eigenvalue weighted by molar-refractivity contribution is -0.152. The predicted molar refractivity (Wildman–Crippen MR) is 109 cm³/mol. The van der Waals surface area contributed by atoms with Crippen molar-refractivity contribution in [2.75, 3.05) is 32.4 Å². The molecule has 2 bridgehead atoms. The SMILES string of the molecule is CS(=O)(=O)NC[C@H]1[C@H]2C[C@H](CN(CCc3ccccc3)C2)[C@@H]2CCCC(=O)N21. The van der Waals surface area contributed by atoms with E-state index in [0.717, 1.165) is 45.3 Å². The van der Waals surface area contributed by atoms with Crippen LogP contribution in [0.1, 0.15) is 31.2 Å². The van der Waals surface area contributed by atoms with Gasteiger partial charge in [0.25, 0.3) is 0 Å². The first-order valence-electron chi connectivity index (χ1n) is 10.4. The molecule has 3 aliphatic rings. The minimum absolute atomic E-state index is 0.0247. The van der Waals surface area contributed by atoms with Crippen LogP contribution in [0.3, 0.4) is 0 Å². The average molecular weight is 406 g/mol. The second-order valence-electron chi connectivity index (χ2n) is 8.70. The number of piperidine rings is 3. The van der Waals surface area contributed by atoms with Gasteiger partial charge in [0.1, 0.15) is 0 Å². The molecule has 1 amide bonds. The molecular formula is C21H31N3O3S. The monoisotopic (exact) mass is 405 g/mol. The van der Waals surface area contributed by atoms with Crippen LogP contribution in [0.25, 0.3) is 0 Å². The van der Waals surface area contributed by atoms with Crippen molar-refractivity contribution in [3.63, 3.8) is 0 Å². The van der Waals surface area contributed by atoms with Gasteiger partial charge in [-0.3, -0.25) is 4.79 Å². The van der Waals surface area contributed by atoms with Crippen molar-refractivity contribution < 1.29 is 13.2 Å². The van der Waals surface area contributed by atoms with Gasteiger partial charge >= 0.3 is 0 Å². The number of hydrogen-bond donors (Lipinski definition) is 1. The van der Waals surface area contributed by atoms with Crippen LogP contribution >= 0.6 is 0 Å². The number of hydrogen-bond acceptors (Lipinski definition) is 4. The smallest absolute Gasteiger partial charge is 0.223 e. The molecule has 0 radical (unpaired) electrons. The fraction of sp³-hybridized carbons (Fsp3) is 0.667. The predicted octanol–water partition coefficient (Wildman–Crippen LogP) is 1.48. The van der Waals surface area contributed by atoms with E-state index in [1.807, 2.05) is 6.07 Å². The Morgan fingerprint density at radius 2 is 1.89 bits per heavy atom. The molecular weight excluding hydrogens is 374 g/mol. The highest BCUT2D eigenvalue weighted by Crippen LogP contribution is 2.41. The topological polar surface area (TPSA) is 69.7 Å². The van der Waals surface area contributed by atoms with Crippen LogP contribution in [0.2, 0.25) is 0 Å². The number of carbonyl (C=O) groups excluding carboxylic acids is 1. The zero-order valence-electron chi connectivity index (χ0n) is 16.6. The second-order valence-corrected chi connectivity index (χ2v) is 10.5. The molecule has 6 nitrogen and oxygen atoms in total. The molecule has 0 saturated carbocycles. The fourth-order valence-corrected chi connectivity index (χ4v) is 5.96. The standard InChI is InChI=1S/C21H31N3O3S/c1-28(26,27)22-13-20-18-12-17(19-8-5-9-21(25)24(19)20)14-23(15-18)11-10-16-6-3-2-4-7-16/h2-4,6-7,17-20,22H,5,8-15H2,1H3/t17-,18+,19+,20+/m1/s1. The molecule has 0 spiro atoms. The lowest BCUT2D eigenvalue weighted by atomic mass is 9.72. The zero-order chi connectivity index (χ0) is 19.7. The van der Waals surface area contributed by atoms with Crippen molar-refractivity contribution in [2.45, 2.75) is 44.2 Å². The maximum atomic E-state index is 12.7. The summed E-state index contributed by atoms with van der Waals surface area (Å²) in [5.74, 6) is 1.05. The highest BCUT2D eigenvalue weighted by Gasteiger charge is 2.49. The largest absolute Gasteiger partial charge is 0.335 e. The van der Waals surface area contributed by atoms with Crippen molar-refractivity contribution in [2.24, 2.45) is 11.8 Å². The van der Waals surface area contributed by atoms with Gasteiger partial charge < -0.3 is 9.80 Å². The number of nitrogens with one attached hydrogen (secondary N) is 1. The number of rotatable bonds is 6. The Hall–Kier alpha value is -1.44. The Labute approximate surface area is 168 Å². The van der Waals surface area contributed by atoms with Crippen molar-refractivity contribution in [1.82, 2.24) is 14.5 Å². The molecule has 1 aromatic carbocycles. The number of nitrogens with zero attached hydrogens (tertiary/aromatic N) is 2. The molecule has 7 heteroatoms. The van der Waals surface area contributed by atoms with Crippen LogP contribution < -0.4 is 4.72 Å². The Morgan fingerprint density at radius 1 is 1.14 bits per heavy atom. The molecule has 0 aromatic heterocycles. The molecule has 3 heterocycles. The van der Waals surface area contributed by atoms with Crippen LogP contribution in [-0.4, -0.2) is 68.6 Å². The summed E-state index contributed by atoms with van der Waals surface area (Å²) in [6.45, 7) is 3.34. The zero-order valence-corrected chi connectivity index (χ0v) is 17.4. The molecule has 3 aliphatic heterocycles. The highest BCUT2D eigenvalue weighted by molar-refractivity contribution is 7.88. The minimum atomic E-state index is -3.27. The lowest BCUT2D eigenvalue weighted by Crippen LogP contribution is -2.67. The first kappa shape index (κ1) is 19.9. The van der Waals surface area contributed by atoms with Gasteiger partial charge in [-0.15, -0.1) is 0 Å². The van der Waals surface area contributed by atoms with Crippen LogP contribution in [0.15, 0.2) is 30.3 Å². The maximum absolute atomic E-state index is 12.7. The molecule has 154 valence electrons. The number of likely N-dealkylation sites (tertiary alicyclic amines) is 1. The van der Waals surface area contributed by atoms with Gasteiger partial charge in [-0.2, -0.15) is 0 Å². The van der Waals surface area contributed by atoms with Gasteiger partial charge in [0.05, 0.1) is 6.26 Å². The van der Waals surface area contributed by atoms with Crippen LogP contribution in [0.4, 0.5) is 0 Å². The van der Waals surface area contributed by atoms with Crippen LogP contribution in [0, 0.1) is 11.8 Å². The number of fused-ring (bicyclic) bond motifs is 4. The summed E-state index contributed by atoms with van der Waals surface area (Å²) in [7, 11) is -3.27. The maximum Gasteiger partial charge on any atom is 0.223 e. The first-order valence-corrected chi connectivity index (χ1v) is 12.3. The summed E-state index contributed by atoms with van der Waals surface area (Å²) < 4.78 is 26.1. The summed E-state index contributed by atoms with van der Waals surface area (Å²) >= 11 is 0. The third-order valence-electron chi connectivity index (χ3n) is 6.69. The summed E-state index contributed by atoms with van der Waals surface area (Å²) in [4.78, 5) is 17.3. The summed E-state index contributed by atoms with van der Waals surface area (Å²) in [5, 5.41) is 0. The van der Waals surface area contributed by atoms with E-state index in [2.05, 4.69) is 38.8 Å².